The number of rotatable bonds is 7. The molecule has 1 saturated carbocycles. The van der Waals surface area contributed by atoms with Crippen molar-refractivity contribution in [3.05, 3.63) is 77.1 Å². The SMILES string of the molecule is C/C=C\C1(C(=O)NS(C)(=O)=O)CCC(c2nc3c4c(ccc3n2[C@@H](C)Cc2ccccc2)CCN(C(=O)OC)C4)CC1. The van der Waals surface area contributed by atoms with Gasteiger partial charge in [0, 0.05) is 24.1 Å². The van der Waals surface area contributed by atoms with Gasteiger partial charge in [-0.25, -0.2) is 18.2 Å². The second-order valence-electron chi connectivity index (χ2n) is 11.7. The fourth-order valence-corrected chi connectivity index (χ4v) is 7.28. The molecule has 0 unspecified atom stereocenters. The largest absolute Gasteiger partial charge is 0.453 e. The number of hydrogen-bond donors (Lipinski definition) is 1. The molecular formula is C32H40N4O5S. The Hall–Kier alpha value is -3.66. The Kier molecular flexibility index (Phi) is 8.46. The van der Waals surface area contributed by atoms with Crippen LogP contribution in [0.2, 0.25) is 0 Å². The molecule has 2 heterocycles. The Labute approximate surface area is 248 Å². The van der Waals surface area contributed by atoms with E-state index < -0.39 is 21.3 Å². The van der Waals surface area contributed by atoms with Crippen molar-refractivity contribution in [2.45, 2.75) is 70.9 Å². The lowest BCUT2D eigenvalue weighted by molar-refractivity contribution is -0.128. The zero-order chi connectivity index (χ0) is 30.1. The summed E-state index contributed by atoms with van der Waals surface area (Å²) in [7, 11) is -2.26. The number of aromatic nitrogens is 2. The van der Waals surface area contributed by atoms with Crippen LogP contribution in [0, 0.1) is 5.41 Å². The van der Waals surface area contributed by atoms with Crippen molar-refractivity contribution in [1.29, 1.82) is 0 Å². The first-order valence-electron chi connectivity index (χ1n) is 14.6. The lowest BCUT2D eigenvalue weighted by atomic mass is 9.69. The summed E-state index contributed by atoms with van der Waals surface area (Å²) in [4.78, 5) is 32.6. The first kappa shape index (κ1) is 29.8. The molecule has 0 radical (unpaired) electrons. The molecule has 3 aromatic rings. The number of amides is 2. The molecule has 9 nitrogen and oxygen atoms in total. The van der Waals surface area contributed by atoms with E-state index in [9.17, 15) is 18.0 Å². The Morgan fingerprint density at radius 2 is 1.88 bits per heavy atom. The van der Waals surface area contributed by atoms with Gasteiger partial charge in [-0.05, 0) is 69.6 Å². The fraction of sp³-hybridized carbons (Fsp3) is 0.469. The van der Waals surface area contributed by atoms with Gasteiger partial charge in [0.25, 0.3) is 0 Å². The van der Waals surface area contributed by atoms with Gasteiger partial charge in [0.1, 0.15) is 5.82 Å². The van der Waals surface area contributed by atoms with Crippen LogP contribution in [0.1, 0.15) is 74.0 Å². The van der Waals surface area contributed by atoms with Crippen LogP contribution in [0.25, 0.3) is 11.0 Å². The maximum absolute atomic E-state index is 13.2. The molecule has 2 amide bonds. The van der Waals surface area contributed by atoms with Crippen molar-refractivity contribution in [3.63, 3.8) is 0 Å². The lowest BCUT2D eigenvalue weighted by Crippen LogP contribution is -2.44. The third kappa shape index (κ3) is 5.95. The molecule has 2 aromatic carbocycles. The number of ether oxygens (including phenoxy) is 1. The third-order valence-electron chi connectivity index (χ3n) is 8.80. The third-order valence-corrected chi connectivity index (χ3v) is 9.35. The van der Waals surface area contributed by atoms with Gasteiger partial charge in [0.2, 0.25) is 15.9 Å². The van der Waals surface area contributed by atoms with E-state index in [0.29, 0.717) is 38.8 Å². The molecule has 0 bridgehead atoms. The van der Waals surface area contributed by atoms with Crippen LogP contribution in [-0.2, 0) is 38.9 Å². The summed E-state index contributed by atoms with van der Waals surface area (Å²) in [6.45, 7) is 5.12. The summed E-state index contributed by atoms with van der Waals surface area (Å²) in [6, 6.07) is 14.8. The highest BCUT2D eigenvalue weighted by Gasteiger charge is 2.42. The van der Waals surface area contributed by atoms with Gasteiger partial charge in [-0.3, -0.25) is 9.52 Å². The van der Waals surface area contributed by atoms with Gasteiger partial charge in [-0.2, -0.15) is 0 Å². The smallest absolute Gasteiger partial charge is 0.409 e. The molecule has 1 aliphatic heterocycles. The van der Waals surface area contributed by atoms with Crippen LogP contribution < -0.4 is 4.72 Å². The van der Waals surface area contributed by atoms with E-state index in [1.54, 1.807) is 4.90 Å². The van der Waals surface area contributed by atoms with Crippen LogP contribution in [0.15, 0.2) is 54.6 Å². The van der Waals surface area contributed by atoms with Gasteiger partial charge in [0.15, 0.2) is 0 Å². The summed E-state index contributed by atoms with van der Waals surface area (Å²) < 4.78 is 33.4. The van der Waals surface area contributed by atoms with E-state index in [1.165, 1.54) is 18.2 Å². The van der Waals surface area contributed by atoms with Crippen molar-refractivity contribution < 1.29 is 22.7 Å². The number of carbonyl (C=O) groups excluding carboxylic acids is 2. The van der Waals surface area contributed by atoms with Crippen molar-refractivity contribution in [1.82, 2.24) is 19.2 Å². The first-order valence-corrected chi connectivity index (χ1v) is 16.5. The summed E-state index contributed by atoms with van der Waals surface area (Å²) in [6.07, 6.45) is 8.36. The molecule has 0 saturated heterocycles. The maximum Gasteiger partial charge on any atom is 0.409 e. The topological polar surface area (TPSA) is 111 Å². The molecule has 224 valence electrons. The molecule has 1 aromatic heterocycles. The van der Waals surface area contributed by atoms with Gasteiger partial charge in [0.05, 0.1) is 36.4 Å². The standard InChI is InChI=1S/C32H40N4O5S/c1-5-16-32(30(37)34-42(4,39)40)17-13-25(14-18-32)29-33-28-26-21-35(31(38)41-3)19-15-24(26)11-12-27(28)36(29)22(2)20-23-9-7-6-8-10-23/h5-12,16,22,25H,13-15,17-21H2,1-4H3,(H,34,37)/b16-5-/t22-,25?,32?/m0/s1. The maximum atomic E-state index is 13.2. The van der Waals surface area contributed by atoms with Crippen LogP contribution >= 0.6 is 0 Å². The lowest BCUT2D eigenvalue weighted by Gasteiger charge is -2.37. The van der Waals surface area contributed by atoms with E-state index in [4.69, 9.17) is 9.72 Å². The summed E-state index contributed by atoms with van der Waals surface area (Å²) in [5.41, 5.74) is 4.57. The molecule has 1 aliphatic carbocycles. The molecule has 1 fully saturated rings. The Bertz CT molecular complexity index is 1600. The minimum atomic E-state index is -3.67. The van der Waals surface area contributed by atoms with Crippen molar-refractivity contribution >= 4 is 33.1 Å². The number of allylic oxidation sites excluding steroid dienone is 1. The number of nitrogens with zero attached hydrogens (tertiary/aromatic N) is 3. The van der Waals surface area contributed by atoms with E-state index in [1.807, 2.05) is 25.1 Å². The summed E-state index contributed by atoms with van der Waals surface area (Å²) in [5, 5.41) is 0. The van der Waals surface area contributed by atoms with E-state index in [-0.39, 0.29) is 18.1 Å². The zero-order valence-corrected chi connectivity index (χ0v) is 25.6. The van der Waals surface area contributed by atoms with Gasteiger partial charge in [-0.15, -0.1) is 0 Å². The predicted octanol–water partition coefficient (Wildman–Crippen LogP) is 5.26. The number of hydrogen-bond acceptors (Lipinski definition) is 6. The first-order chi connectivity index (χ1) is 20.0. The van der Waals surface area contributed by atoms with Crippen LogP contribution in [-0.4, -0.2) is 54.8 Å². The highest BCUT2D eigenvalue weighted by Crippen LogP contribution is 2.46. The zero-order valence-electron chi connectivity index (χ0n) is 24.8. The number of methoxy groups -OCH3 is 1. The van der Waals surface area contributed by atoms with E-state index >= 15 is 0 Å². The second-order valence-corrected chi connectivity index (χ2v) is 13.5. The van der Waals surface area contributed by atoms with Gasteiger partial charge in [-0.1, -0.05) is 48.6 Å². The van der Waals surface area contributed by atoms with Crippen LogP contribution in [0.5, 0.6) is 0 Å². The normalized spacial score (nSPS) is 21.7. The molecule has 5 rings (SSSR count). The Balaban J connectivity index is 1.54. The minimum Gasteiger partial charge on any atom is -0.453 e. The Morgan fingerprint density at radius 1 is 1.17 bits per heavy atom. The van der Waals surface area contributed by atoms with Crippen LogP contribution in [0.4, 0.5) is 4.79 Å². The number of benzene rings is 2. The van der Waals surface area contributed by atoms with Gasteiger partial charge < -0.3 is 14.2 Å². The average molecular weight is 593 g/mol. The number of sulfonamides is 1. The van der Waals surface area contributed by atoms with Crippen molar-refractivity contribution in [2.75, 3.05) is 19.9 Å². The molecule has 42 heavy (non-hydrogen) atoms. The Morgan fingerprint density at radius 3 is 2.52 bits per heavy atom. The van der Waals surface area contributed by atoms with E-state index in [2.05, 4.69) is 52.6 Å². The number of fused-ring (bicyclic) bond motifs is 3. The number of nitrogens with one attached hydrogen (secondary N) is 1. The molecular weight excluding hydrogens is 552 g/mol. The second kappa shape index (κ2) is 11.9. The van der Waals surface area contributed by atoms with Crippen molar-refractivity contribution in [2.24, 2.45) is 5.41 Å². The monoisotopic (exact) mass is 592 g/mol. The highest BCUT2D eigenvalue weighted by molar-refractivity contribution is 7.89. The molecule has 1 atom stereocenters. The molecule has 2 aliphatic rings. The van der Waals surface area contributed by atoms with E-state index in [0.717, 1.165) is 41.5 Å². The number of imidazole rings is 1. The molecule has 1 N–H and O–H groups in total. The molecule has 0 spiro atoms. The summed E-state index contributed by atoms with van der Waals surface area (Å²) in [5.74, 6) is 0.607. The van der Waals surface area contributed by atoms with Gasteiger partial charge >= 0.3 is 6.09 Å². The predicted molar refractivity (Wildman–Crippen MR) is 163 cm³/mol. The quantitative estimate of drug-likeness (QED) is 0.375. The molecule has 10 heteroatoms. The highest BCUT2D eigenvalue weighted by atomic mass is 32.2. The minimum absolute atomic E-state index is 0.0935. The average Bonchev–Trinajstić information content (AvgIpc) is 3.37. The number of carbonyl (C=O) groups is 2. The fourth-order valence-electron chi connectivity index (χ4n) is 6.74. The van der Waals surface area contributed by atoms with Crippen molar-refractivity contribution in [3.8, 4) is 0 Å². The van der Waals surface area contributed by atoms with Crippen LogP contribution in [0.3, 0.4) is 0 Å². The summed E-state index contributed by atoms with van der Waals surface area (Å²) >= 11 is 0.